The molecule has 0 bridgehead atoms. The van der Waals surface area contributed by atoms with Crippen LogP contribution in [0, 0.1) is 0 Å². The van der Waals surface area contributed by atoms with Crippen molar-refractivity contribution in [2.24, 2.45) is 0 Å². The van der Waals surface area contributed by atoms with Gasteiger partial charge in [-0.05, 0) is 0 Å². The van der Waals surface area contributed by atoms with Crippen molar-refractivity contribution in [1.82, 2.24) is 0 Å². The second-order valence-corrected chi connectivity index (χ2v) is 7.34. The van der Waals surface area contributed by atoms with E-state index in [0.717, 1.165) is 0 Å². The minimum Gasteiger partial charge on any atom is -0.454 e. The third-order valence-corrected chi connectivity index (χ3v) is 5.99. The van der Waals surface area contributed by atoms with E-state index in [0.29, 0.717) is 27.8 Å². The molecule has 0 atom stereocenters. The third-order valence-electron chi connectivity index (χ3n) is 4.20. The molecule has 0 saturated carbocycles. The van der Waals surface area contributed by atoms with Gasteiger partial charge < -0.3 is 4.42 Å². The molecule has 1 aromatic heterocycles. The van der Waals surface area contributed by atoms with E-state index in [9.17, 15) is 4.79 Å². The Kier molecular flexibility index (Phi) is 4.92. The molecule has 0 fully saturated rings. The molecule has 0 radical (unpaired) electrons. The van der Waals surface area contributed by atoms with Crippen molar-refractivity contribution < 1.29 is 9.21 Å². The van der Waals surface area contributed by atoms with E-state index in [1.54, 1.807) is 24.3 Å². The molecule has 1 heterocycles. The van der Waals surface area contributed by atoms with Crippen molar-refractivity contribution in [1.29, 1.82) is 0 Å². The van der Waals surface area contributed by atoms with Crippen LogP contribution in [0.15, 0.2) is 65.1 Å². The Labute approximate surface area is 175 Å². The molecule has 0 N–H and O–H groups in total. The van der Waals surface area contributed by atoms with Crippen molar-refractivity contribution in [3.8, 4) is 11.3 Å². The first-order chi connectivity index (χ1) is 13.0. The lowest BCUT2D eigenvalue weighted by atomic mass is 9.97. The summed E-state index contributed by atoms with van der Waals surface area (Å²) in [4.78, 5) is 13.3. The summed E-state index contributed by atoms with van der Waals surface area (Å²) in [7, 11) is 0. The molecule has 27 heavy (non-hydrogen) atoms. The normalized spacial score (nSPS) is 11.1. The maximum atomic E-state index is 13.3. The van der Waals surface area contributed by atoms with Gasteiger partial charge in [0.25, 0.3) is 0 Å². The minimum atomic E-state index is -0.246. The van der Waals surface area contributed by atoms with Crippen LogP contribution in [-0.2, 0) is 0 Å². The van der Waals surface area contributed by atoms with Crippen LogP contribution in [0.4, 0.5) is 0 Å². The van der Waals surface area contributed by atoms with Crippen molar-refractivity contribution in [2.45, 2.75) is 0 Å². The summed E-state index contributed by atoms with van der Waals surface area (Å²) in [5.41, 5.74) is 1.74. The van der Waals surface area contributed by atoms with E-state index < -0.39 is 0 Å². The van der Waals surface area contributed by atoms with Crippen molar-refractivity contribution >= 4 is 63.2 Å². The summed E-state index contributed by atoms with van der Waals surface area (Å²) >= 11 is 25.2. The minimum absolute atomic E-state index is 0.0818. The molecular formula is C21H10Cl4O2. The highest BCUT2D eigenvalue weighted by atomic mass is 35.5. The van der Waals surface area contributed by atoms with Gasteiger partial charge in [0.15, 0.2) is 11.4 Å². The number of furan rings is 1. The van der Waals surface area contributed by atoms with Gasteiger partial charge in [-0.3, -0.25) is 4.79 Å². The van der Waals surface area contributed by atoms with E-state index in [1.807, 2.05) is 36.4 Å². The van der Waals surface area contributed by atoms with Gasteiger partial charge in [0.1, 0.15) is 10.8 Å². The van der Waals surface area contributed by atoms with Crippen molar-refractivity contribution in [3.05, 3.63) is 91.9 Å². The third kappa shape index (κ3) is 3.03. The Morgan fingerprint density at radius 3 is 1.89 bits per heavy atom. The number of hydrogen-bond acceptors (Lipinski definition) is 2. The predicted molar refractivity (Wildman–Crippen MR) is 112 cm³/mol. The maximum absolute atomic E-state index is 13.3. The number of ketones is 1. The quantitative estimate of drug-likeness (QED) is 0.185. The van der Waals surface area contributed by atoms with Crippen LogP contribution < -0.4 is 0 Å². The van der Waals surface area contributed by atoms with E-state index in [1.165, 1.54) is 0 Å². The lowest BCUT2D eigenvalue weighted by Gasteiger charge is -2.06. The first-order valence-corrected chi connectivity index (χ1v) is 9.45. The number of carbonyl (C=O) groups excluding carboxylic acids is 1. The number of halogens is 4. The van der Waals surface area contributed by atoms with Gasteiger partial charge in [-0.25, -0.2) is 0 Å². The molecule has 134 valence electrons. The molecule has 6 heteroatoms. The van der Waals surface area contributed by atoms with Gasteiger partial charge in [0.05, 0.1) is 26.0 Å². The molecule has 0 aliphatic carbocycles. The Morgan fingerprint density at radius 1 is 0.704 bits per heavy atom. The monoisotopic (exact) mass is 434 g/mol. The lowest BCUT2D eigenvalue weighted by Crippen LogP contribution is -2.02. The van der Waals surface area contributed by atoms with Crippen LogP contribution in [-0.4, -0.2) is 5.78 Å². The summed E-state index contributed by atoms with van der Waals surface area (Å²) < 4.78 is 6.00. The first-order valence-electron chi connectivity index (χ1n) is 7.94. The summed E-state index contributed by atoms with van der Waals surface area (Å²) in [6.07, 6.45) is 0. The zero-order valence-corrected chi connectivity index (χ0v) is 16.6. The van der Waals surface area contributed by atoms with Gasteiger partial charge >= 0.3 is 0 Å². The number of fused-ring (bicyclic) bond motifs is 1. The summed E-state index contributed by atoms with van der Waals surface area (Å²) in [5.74, 6) is 0.117. The van der Waals surface area contributed by atoms with E-state index in [4.69, 9.17) is 50.8 Å². The maximum Gasteiger partial charge on any atom is 0.197 e. The van der Waals surface area contributed by atoms with Gasteiger partial charge in [0.2, 0.25) is 0 Å². The molecule has 3 aromatic carbocycles. The lowest BCUT2D eigenvalue weighted by molar-refractivity contribution is 0.104. The first kappa shape index (κ1) is 18.4. The zero-order chi connectivity index (χ0) is 19.1. The van der Waals surface area contributed by atoms with Crippen LogP contribution in [0.2, 0.25) is 20.1 Å². The Hall–Kier alpha value is -1.97. The molecule has 2 nitrogen and oxygen atoms in total. The van der Waals surface area contributed by atoms with Gasteiger partial charge in [-0.2, -0.15) is 0 Å². The van der Waals surface area contributed by atoms with E-state index >= 15 is 0 Å². The Balaban J connectivity index is 2.13. The molecule has 4 rings (SSSR count). The molecule has 4 aromatic rings. The van der Waals surface area contributed by atoms with Crippen LogP contribution in [0.3, 0.4) is 0 Å². The zero-order valence-electron chi connectivity index (χ0n) is 13.6. The molecule has 0 saturated heterocycles. The fourth-order valence-electron chi connectivity index (χ4n) is 2.94. The predicted octanol–water partition coefficient (Wildman–Crippen LogP) is 7.94. The van der Waals surface area contributed by atoms with Gasteiger partial charge in [0, 0.05) is 11.1 Å². The summed E-state index contributed by atoms with van der Waals surface area (Å²) in [6, 6.07) is 18.1. The summed E-state index contributed by atoms with van der Waals surface area (Å²) in [5, 5.41) is 0.765. The van der Waals surface area contributed by atoms with Crippen LogP contribution in [0.25, 0.3) is 22.3 Å². The standard InChI is InChI=1S/C21H10Cl4O2/c22-15-13-14(19(26)11-7-3-1-4-8-11)20(12-9-5-2-6-10-12)27-21(13)18(25)17(24)16(15)23/h1-10H. The number of hydrogen-bond donors (Lipinski definition) is 0. The topological polar surface area (TPSA) is 30.2 Å². The van der Waals surface area contributed by atoms with E-state index in [2.05, 4.69) is 0 Å². The average molecular weight is 436 g/mol. The molecule has 0 spiro atoms. The second-order valence-electron chi connectivity index (χ2n) is 5.83. The average Bonchev–Trinajstić information content (AvgIpc) is 3.12. The molecule has 0 amide bonds. The molecule has 0 aliphatic rings. The molecule has 0 unspecified atom stereocenters. The highest BCUT2D eigenvalue weighted by molar-refractivity contribution is 6.55. The fraction of sp³-hybridized carbons (Fsp3) is 0. The largest absolute Gasteiger partial charge is 0.454 e. The highest BCUT2D eigenvalue weighted by Gasteiger charge is 2.29. The Morgan fingerprint density at radius 2 is 1.26 bits per heavy atom. The van der Waals surface area contributed by atoms with Crippen LogP contribution in [0.5, 0.6) is 0 Å². The van der Waals surface area contributed by atoms with Crippen LogP contribution in [0.1, 0.15) is 15.9 Å². The summed E-state index contributed by atoms with van der Waals surface area (Å²) in [6.45, 7) is 0. The van der Waals surface area contributed by atoms with E-state index in [-0.39, 0.29) is 31.5 Å². The Bertz CT molecular complexity index is 1170. The fourth-order valence-corrected chi connectivity index (χ4v) is 3.91. The SMILES string of the molecule is O=C(c1ccccc1)c1c(-c2ccccc2)oc2c(Cl)c(Cl)c(Cl)c(Cl)c12. The van der Waals surface area contributed by atoms with Crippen molar-refractivity contribution in [3.63, 3.8) is 0 Å². The second kappa shape index (κ2) is 7.21. The van der Waals surface area contributed by atoms with Gasteiger partial charge in [-0.1, -0.05) is 107 Å². The number of carbonyl (C=O) groups is 1. The smallest absolute Gasteiger partial charge is 0.197 e. The molecular weight excluding hydrogens is 426 g/mol. The highest BCUT2D eigenvalue weighted by Crippen LogP contribution is 2.48. The number of benzene rings is 3. The van der Waals surface area contributed by atoms with Gasteiger partial charge in [-0.15, -0.1) is 0 Å². The van der Waals surface area contributed by atoms with Crippen LogP contribution >= 0.6 is 46.4 Å². The van der Waals surface area contributed by atoms with Crippen molar-refractivity contribution in [2.75, 3.05) is 0 Å². The number of rotatable bonds is 3. The molecule has 0 aliphatic heterocycles.